The molecule has 0 saturated heterocycles. The predicted molar refractivity (Wildman–Crippen MR) is 139 cm³/mol. The van der Waals surface area contributed by atoms with Gasteiger partial charge in [-0.1, -0.05) is 31.2 Å². The van der Waals surface area contributed by atoms with Gasteiger partial charge in [-0.05, 0) is 93.2 Å². The number of nitrogens with one attached hydrogen (secondary N) is 2. The van der Waals surface area contributed by atoms with Gasteiger partial charge in [0.25, 0.3) is 0 Å². The van der Waals surface area contributed by atoms with Gasteiger partial charge in [-0.25, -0.2) is 30.7 Å². The maximum atomic E-state index is 13.0. The van der Waals surface area contributed by atoms with Crippen molar-refractivity contribution in [2.24, 2.45) is 11.8 Å². The molecule has 10 heteroatoms. The summed E-state index contributed by atoms with van der Waals surface area (Å²) in [6, 6.07) is 12.3. The zero-order valence-corrected chi connectivity index (χ0v) is 22.7. The Kier molecular flexibility index (Phi) is 9.32. The summed E-state index contributed by atoms with van der Waals surface area (Å²) in [7, 11) is -6.99. The number of aliphatic hydroxyl groups is 1. The molecule has 36 heavy (non-hydrogen) atoms. The third-order valence-electron chi connectivity index (χ3n) is 7.21. The van der Waals surface area contributed by atoms with E-state index in [1.807, 2.05) is 24.3 Å². The molecule has 0 bridgehead atoms. The molecule has 1 unspecified atom stereocenters. The van der Waals surface area contributed by atoms with Crippen LogP contribution in [0, 0.1) is 17.7 Å². The van der Waals surface area contributed by atoms with Crippen LogP contribution in [0.1, 0.15) is 57.6 Å². The lowest BCUT2D eigenvalue weighted by molar-refractivity contribution is -0.0207. The minimum atomic E-state index is -3.71. The molecular formula is C26H37FN2O5S2. The van der Waals surface area contributed by atoms with Crippen molar-refractivity contribution in [3.8, 4) is 0 Å². The van der Waals surface area contributed by atoms with Crippen molar-refractivity contribution in [2.75, 3.05) is 13.1 Å². The van der Waals surface area contributed by atoms with Crippen molar-refractivity contribution in [1.29, 1.82) is 0 Å². The summed E-state index contributed by atoms with van der Waals surface area (Å²) in [5.41, 5.74) is 0.852. The third-order valence-corrected chi connectivity index (χ3v) is 10.5. The number of rotatable bonds is 11. The van der Waals surface area contributed by atoms with Crippen molar-refractivity contribution >= 4 is 20.0 Å². The molecule has 0 aromatic heterocycles. The summed E-state index contributed by atoms with van der Waals surface area (Å²) in [4.78, 5) is 0.0173. The molecule has 0 spiro atoms. The second-order valence-corrected chi connectivity index (χ2v) is 14.2. The van der Waals surface area contributed by atoms with E-state index in [0.717, 1.165) is 36.1 Å². The van der Waals surface area contributed by atoms with E-state index in [9.17, 15) is 26.3 Å². The van der Waals surface area contributed by atoms with Crippen LogP contribution in [-0.2, 0) is 32.1 Å². The molecule has 200 valence electrons. The minimum Gasteiger partial charge on any atom is -0.385 e. The average Bonchev–Trinajstić information content (AvgIpc) is 2.83. The average molecular weight is 541 g/mol. The molecule has 0 radical (unpaired) electrons. The zero-order valence-electron chi connectivity index (χ0n) is 21.1. The highest BCUT2D eigenvalue weighted by Gasteiger charge is 2.36. The van der Waals surface area contributed by atoms with Crippen LogP contribution in [0.5, 0.6) is 0 Å². The van der Waals surface area contributed by atoms with E-state index in [1.165, 1.54) is 12.1 Å². The molecule has 1 fully saturated rings. The molecule has 1 aliphatic carbocycles. The van der Waals surface area contributed by atoms with Gasteiger partial charge in [0.15, 0.2) is 0 Å². The SMILES string of the molecule is CC(CNS(=O)(=O)C(C)C)C1CCC(O)(c2ccc(CCNS(=O)(=O)c3ccc(F)cc3)cc2)CC1. The van der Waals surface area contributed by atoms with Crippen LogP contribution in [0.4, 0.5) is 4.39 Å². The van der Waals surface area contributed by atoms with E-state index >= 15 is 0 Å². The lowest BCUT2D eigenvalue weighted by Crippen LogP contribution is -2.38. The van der Waals surface area contributed by atoms with Crippen LogP contribution in [0.25, 0.3) is 0 Å². The highest BCUT2D eigenvalue weighted by atomic mass is 32.2. The molecule has 1 aliphatic rings. The van der Waals surface area contributed by atoms with Gasteiger partial charge in [-0.2, -0.15) is 0 Å². The van der Waals surface area contributed by atoms with Crippen LogP contribution < -0.4 is 9.44 Å². The van der Waals surface area contributed by atoms with Crippen molar-refractivity contribution in [3.63, 3.8) is 0 Å². The van der Waals surface area contributed by atoms with Gasteiger partial charge in [-0.15, -0.1) is 0 Å². The fourth-order valence-corrected chi connectivity index (χ4v) is 6.43. The Morgan fingerprint density at radius 1 is 0.944 bits per heavy atom. The monoisotopic (exact) mass is 540 g/mol. The Bertz CT molecular complexity index is 1210. The fourth-order valence-electron chi connectivity index (χ4n) is 4.56. The molecule has 3 N–H and O–H groups in total. The maximum absolute atomic E-state index is 13.0. The summed E-state index contributed by atoms with van der Waals surface area (Å²) in [6.45, 7) is 5.97. The second kappa shape index (κ2) is 11.7. The first-order valence-corrected chi connectivity index (χ1v) is 15.4. The van der Waals surface area contributed by atoms with Crippen molar-refractivity contribution in [1.82, 2.24) is 9.44 Å². The number of benzene rings is 2. The Balaban J connectivity index is 1.50. The summed E-state index contributed by atoms with van der Waals surface area (Å²) in [5, 5.41) is 10.8. The lowest BCUT2D eigenvalue weighted by Gasteiger charge is -2.38. The Morgan fingerprint density at radius 2 is 1.53 bits per heavy atom. The van der Waals surface area contributed by atoms with Gasteiger partial charge in [0.1, 0.15) is 5.82 Å². The Labute approximate surface area is 214 Å². The van der Waals surface area contributed by atoms with Gasteiger partial charge in [0.2, 0.25) is 20.0 Å². The molecule has 1 atom stereocenters. The summed E-state index contributed by atoms with van der Waals surface area (Å²) in [5.74, 6) is 0.0328. The number of hydrogen-bond donors (Lipinski definition) is 3. The van der Waals surface area contributed by atoms with E-state index in [1.54, 1.807) is 13.8 Å². The highest BCUT2D eigenvalue weighted by Crippen LogP contribution is 2.41. The third kappa shape index (κ3) is 7.35. The molecule has 0 aliphatic heterocycles. The molecule has 1 saturated carbocycles. The van der Waals surface area contributed by atoms with Crippen molar-refractivity contribution < 1.29 is 26.3 Å². The van der Waals surface area contributed by atoms with E-state index in [2.05, 4.69) is 16.4 Å². The first kappa shape index (κ1) is 28.7. The molecule has 2 aromatic rings. The zero-order chi connectivity index (χ0) is 26.6. The summed E-state index contributed by atoms with van der Waals surface area (Å²) in [6.07, 6.45) is 3.32. The van der Waals surface area contributed by atoms with Gasteiger partial charge in [0, 0.05) is 13.1 Å². The van der Waals surface area contributed by atoms with Gasteiger partial charge >= 0.3 is 0 Å². The molecule has 0 amide bonds. The predicted octanol–water partition coefficient (Wildman–Crippen LogP) is 3.69. The highest BCUT2D eigenvalue weighted by molar-refractivity contribution is 7.90. The maximum Gasteiger partial charge on any atom is 0.240 e. The molecule has 3 rings (SSSR count). The first-order valence-electron chi connectivity index (χ1n) is 12.4. The molecule has 7 nitrogen and oxygen atoms in total. The minimum absolute atomic E-state index is 0.0173. The topological polar surface area (TPSA) is 113 Å². The van der Waals surface area contributed by atoms with Crippen LogP contribution >= 0.6 is 0 Å². The van der Waals surface area contributed by atoms with E-state index < -0.39 is 36.7 Å². The second-order valence-electron chi connectivity index (χ2n) is 10.1. The van der Waals surface area contributed by atoms with Crippen LogP contribution in [0.15, 0.2) is 53.4 Å². The number of halogens is 1. The Hall–Kier alpha value is -1.85. The first-order chi connectivity index (χ1) is 16.8. The molecule has 2 aromatic carbocycles. The van der Waals surface area contributed by atoms with Gasteiger partial charge in [-0.3, -0.25) is 0 Å². The van der Waals surface area contributed by atoms with Crippen LogP contribution in [-0.4, -0.2) is 40.3 Å². The smallest absolute Gasteiger partial charge is 0.240 e. The largest absolute Gasteiger partial charge is 0.385 e. The van der Waals surface area contributed by atoms with E-state index in [4.69, 9.17) is 0 Å². The van der Waals surface area contributed by atoms with E-state index in [0.29, 0.717) is 31.7 Å². The van der Waals surface area contributed by atoms with Gasteiger partial charge < -0.3 is 5.11 Å². The molecular weight excluding hydrogens is 503 g/mol. The van der Waals surface area contributed by atoms with Crippen molar-refractivity contribution in [2.45, 2.75) is 68.6 Å². The normalized spacial score (nSPS) is 22.0. The fraction of sp³-hybridized carbons (Fsp3) is 0.538. The summed E-state index contributed by atoms with van der Waals surface area (Å²) < 4.78 is 67.0. The quantitative estimate of drug-likeness (QED) is 0.402. The number of hydrogen-bond acceptors (Lipinski definition) is 5. The van der Waals surface area contributed by atoms with E-state index in [-0.39, 0.29) is 17.4 Å². The standard InChI is InChI=1S/C26H37FN2O5S2/c1-19(2)35(31,32)29-18-20(3)22-12-15-26(30,16-13-22)23-6-4-21(5-7-23)14-17-28-36(33,34)25-10-8-24(27)9-11-25/h4-11,19-20,22,28-30H,12-18H2,1-3H3. The van der Waals surface area contributed by atoms with Crippen LogP contribution in [0.3, 0.4) is 0 Å². The lowest BCUT2D eigenvalue weighted by atomic mass is 9.71. The van der Waals surface area contributed by atoms with Crippen LogP contribution in [0.2, 0.25) is 0 Å². The number of sulfonamides is 2. The molecule has 0 heterocycles. The summed E-state index contributed by atoms with van der Waals surface area (Å²) >= 11 is 0. The Morgan fingerprint density at radius 3 is 2.08 bits per heavy atom. The van der Waals surface area contributed by atoms with Gasteiger partial charge in [0.05, 0.1) is 15.7 Å². The van der Waals surface area contributed by atoms with Crippen molar-refractivity contribution in [3.05, 3.63) is 65.5 Å².